The van der Waals surface area contributed by atoms with E-state index in [4.69, 9.17) is 11.0 Å². The van der Waals surface area contributed by atoms with Crippen molar-refractivity contribution in [2.24, 2.45) is 0 Å². The Hall–Kier alpha value is -2.06. The molecule has 1 heterocycles. The van der Waals surface area contributed by atoms with Crippen LogP contribution in [-0.2, 0) is 0 Å². The number of aromatic nitrogens is 1. The fourth-order valence-corrected chi connectivity index (χ4v) is 2.05. The average Bonchev–Trinajstić information content (AvgIpc) is 2.38. The van der Waals surface area contributed by atoms with Gasteiger partial charge in [0, 0.05) is 16.4 Å². The van der Waals surface area contributed by atoms with Crippen molar-refractivity contribution in [2.45, 2.75) is 13.8 Å². The quantitative estimate of drug-likeness (QED) is 0.886. The van der Waals surface area contributed by atoms with Gasteiger partial charge in [-0.2, -0.15) is 5.26 Å². The van der Waals surface area contributed by atoms with E-state index in [2.05, 4.69) is 26.2 Å². The molecular formula is C14H13BrN4. The van der Waals surface area contributed by atoms with Crippen LogP contribution in [0.25, 0.3) is 0 Å². The highest BCUT2D eigenvalue weighted by molar-refractivity contribution is 9.10. The highest BCUT2D eigenvalue weighted by atomic mass is 79.9. The molecule has 19 heavy (non-hydrogen) atoms. The second-order valence-corrected chi connectivity index (χ2v) is 5.07. The number of nitrogen functional groups attached to an aromatic ring is 1. The molecule has 0 saturated carbocycles. The topological polar surface area (TPSA) is 74.7 Å². The van der Waals surface area contributed by atoms with Gasteiger partial charge in [0.25, 0.3) is 0 Å². The number of benzene rings is 1. The molecule has 1 aromatic heterocycles. The lowest BCUT2D eigenvalue weighted by Crippen LogP contribution is -2.01. The minimum atomic E-state index is 0.364. The van der Waals surface area contributed by atoms with Gasteiger partial charge >= 0.3 is 0 Å². The number of rotatable bonds is 2. The molecule has 0 amide bonds. The van der Waals surface area contributed by atoms with Gasteiger partial charge in [-0.1, -0.05) is 15.9 Å². The maximum absolute atomic E-state index is 8.94. The van der Waals surface area contributed by atoms with Crippen molar-refractivity contribution in [3.05, 3.63) is 45.6 Å². The molecular weight excluding hydrogens is 304 g/mol. The molecule has 2 rings (SSSR count). The van der Waals surface area contributed by atoms with Crippen molar-refractivity contribution in [3.8, 4) is 6.07 Å². The highest BCUT2D eigenvalue weighted by Gasteiger charge is 2.08. The number of hydrogen-bond donors (Lipinski definition) is 2. The fourth-order valence-electron chi connectivity index (χ4n) is 1.83. The van der Waals surface area contributed by atoms with Crippen molar-refractivity contribution in [2.75, 3.05) is 11.1 Å². The molecule has 0 bridgehead atoms. The molecule has 0 aliphatic rings. The van der Waals surface area contributed by atoms with Crippen LogP contribution in [-0.4, -0.2) is 4.98 Å². The molecule has 0 atom stereocenters. The first-order valence-corrected chi connectivity index (χ1v) is 6.50. The zero-order valence-electron chi connectivity index (χ0n) is 10.7. The summed E-state index contributed by atoms with van der Waals surface area (Å²) in [7, 11) is 0. The predicted octanol–water partition coefficient (Wildman–Crippen LogP) is 3.66. The molecule has 0 radical (unpaired) electrons. The first kappa shape index (κ1) is 13.4. The van der Waals surface area contributed by atoms with Crippen LogP contribution in [0.4, 0.5) is 17.2 Å². The van der Waals surface area contributed by atoms with E-state index in [0.717, 1.165) is 21.3 Å². The molecule has 96 valence electrons. The Bertz CT molecular complexity index is 651. The summed E-state index contributed by atoms with van der Waals surface area (Å²) in [4.78, 5) is 4.16. The minimum Gasteiger partial charge on any atom is -0.395 e. The number of nitrogens with one attached hydrogen (secondary N) is 1. The van der Waals surface area contributed by atoms with Gasteiger partial charge < -0.3 is 11.1 Å². The SMILES string of the molecule is Cc1cc(Nc2nccc(C#N)c2N)cc(C)c1Br. The molecule has 0 spiro atoms. The van der Waals surface area contributed by atoms with Crippen molar-refractivity contribution in [1.29, 1.82) is 5.26 Å². The summed E-state index contributed by atoms with van der Waals surface area (Å²) in [6.07, 6.45) is 1.57. The third kappa shape index (κ3) is 2.69. The first-order valence-electron chi connectivity index (χ1n) is 5.71. The van der Waals surface area contributed by atoms with Crippen molar-refractivity contribution < 1.29 is 0 Å². The van der Waals surface area contributed by atoms with Crippen LogP contribution in [0.3, 0.4) is 0 Å². The zero-order valence-corrected chi connectivity index (χ0v) is 12.2. The normalized spacial score (nSPS) is 10.0. The van der Waals surface area contributed by atoms with Gasteiger partial charge in [-0.25, -0.2) is 4.98 Å². The van der Waals surface area contributed by atoms with Crippen LogP contribution in [0.5, 0.6) is 0 Å². The monoisotopic (exact) mass is 316 g/mol. The lowest BCUT2D eigenvalue weighted by atomic mass is 10.1. The number of halogens is 1. The van der Waals surface area contributed by atoms with Crippen LogP contribution in [0, 0.1) is 25.2 Å². The zero-order chi connectivity index (χ0) is 14.0. The molecule has 5 heteroatoms. The van der Waals surface area contributed by atoms with E-state index in [1.807, 2.05) is 32.0 Å². The summed E-state index contributed by atoms with van der Waals surface area (Å²) in [5, 5.41) is 12.1. The van der Waals surface area contributed by atoms with E-state index >= 15 is 0 Å². The standard InChI is InChI=1S/C14H13BrN4/c1-8-5-11(6-9(2)12(8)15)19-14-13(17)10(7-16)3-4-18-14/h3-6H,17H2,1-2H3,(H,18,19). The predicted molar refractivity (Wildman–Crippen MR) is 80.3 cm³/mol. The van der Waals surface area contributed by atoms with Crippen LogP contribution in [0.2, 0.25) is 0 Å². The summed E-state index contributed by atoms with van der Waals surface area (Å²) in [5.41, 5.74) is 9.82. The van der Waals surface area contributed by atoms with Gasteiger partial charge in [-0.15, -0.1) is 0 Å². The van der Waals surface area contributed by atoms with Crippen LogP contribution in [0.15, 0.2) is 28.9 Å². The van der Waals surface area contributed by atoms with Crippen LogP contribution < -0.4 is 11.1 Å². The summed E-state index contributed by atoms with van der Waals surface area (Å²) in [6.45, 7) is 4.04. The average molecular weight is 317 g/mol. The number of nitrogens with two attached hydrogens (primary N) is 1. The smallest absolute Gasteiger partial charge is 0.154 e. The van der Waals surface area contributed by atoms with Crippen molar-refractivity contribution >= 4 is 33.1 Å². The maximum atomic E-state index is 8.94. The number of aryl methyl sites for hydroxylation is 2. The lowest BCUT2D eigenvalue weighted by molar-refractivity contribution is 1.28. The van der Waals surface area contributed by atoms with Gasteiger partial charge in [0.15, 0.2) is 5.82 Å². The van der Waals surface area contributed by atoms with E-state index in [-0.39, 0.29) is 0 Å². The van der Waals surface area contributed by atoms with Gasteiger partial charge in [0.05, 0.1) is 11.3 Å². The summed E-state index contributed by atoms with van der Waals surface area (Å²) in [6, 6.07) is 7.63. The Morgan fingerprint density at radius 2 is 1.95 bits per heavy atom. The number of nitriles is 1. The van der Waals surface area contributed by atoms with Gasteiger partial charge in [-0.05, 0) is 43.2 Å². The molecule has 2 aromatic rings. The number of pyridine rings is 1. The van der Waals surface area contributed by atoms with Crippen LogP contribution in [0.1, 0.15) is 16.7 Å². The van der Waals surface area contributed by atoms with E-state index in [1.165, 1.54) is 0 Å². The molecule has 3 N–H and O–H groups in total. The molecule has 4 nitrogen and oxygen atoms in total. The van der Waals surface area contributed by atoms with Gasteiger partial charge in [0.2, 0.25) is 0 Å². The number of hydrogen-bond acceptors (Lipinski definition) is 4. The Balaban J connectivity index is 2.40. The molecule has 0 saturated heterocycles. The van der Waals surface area contributed by atoms with E-state index in [0.29, 0.717) is 17.1 Å². The van der Waals surface area contributed by atoms with E-state index < -0.39 is 0 Å². The Labute approximate surface area is 120 Å². The molecule has 1 aromatic carbocycles. The third-order valence-corrected chi connectivity index (χ3v) is 4.06. The largest absolute Gasteiger partial charge is 0.395 e. The Kier molecular flexibility index (Phi) is 3.72. The second-order valence-electron chi connectivity index (χ2n) is 4.28. The maximum Gasteiger partial charge on any atom is 0.154 e. The molecule has 0 unspecified atom stereocenters. The van der Waals surface area contributed by atoms with Crippen LogP contribution >= 0.6 is 15.9 Å². The second kappa shape index (κ2) is 5.29. The number of anilines is 3. The van der Waals surface area contributed by atoms with Gasteiger partial charge in [-0.3, -0.25) is 0 Å². The van der Waals surface area contributed by atoms with Gasteiger partial charge in [0.1, 0.15) is 6.07 Å². The van der Waals surface area contributed by atoms with Crippen molar-refractivity contribution in [1.82, 2.24) is 4.98 Å². The van der Waals surface area contributed by atoms with Crippen molar-refractivity contribution in [3.63, 3.8) is 0 Å². The van der Waals surface area contributed by atoms with E-state index in [1.54, 1.807) is 12.3 Å². The lowest BCUT2D eigenvalue weighted by Gasteiger charge is -2.12. The highest BCUT2D eigenvalue weighted by Crippen LogP contribution is 2.28. The Morgan fingerprint density at radius 3 is 2.53 bits per heavy atom. The molecule has 0 aliphatic heterocycles. The summed E-state index contributed by atoms with van der Waals surface area (Å²) >= 11 is 3.52. The summed E-state index contributed by atoms with van der Waals surface area (Å²) in [5.74, 6) is 0.500. The number of nitrogens with zero attached hydrogens (tertiary/aromatic N) is 2. The summed E-state index contributed by atoms with van der Waals surface area (Å²) < 4.78 is 1.09. The molecule has 0 fully saturated rings. The molecule has 0 aliphatic carbocycles. The third-order valence-electron chi connectivity index (χ3n) is 2.81. The minimum absolute atomic E-state index is 0.364. The van der Waals surface area contributed by atoms with E-state index in [9.17, 15) is 0 Å². The fraction of sp³-hybridized carbons (Fsp3) is 0.143. The Morgan fingerprint density at radius 1 is 1.32 bits per heavy atom. The first-order chi connectivity index (χ1) is 9.02.